The molecule has 0 saturated carbocycles. The molecule has 2 aromatic rings. The van der Waals surface area contributed by atoms with Gasteiger partial charge in [0.25, 0.3) is 5.91 Å². The minimum Gasteiger partial charge on any atom is -0.462 e. The fraction of sp³-hybridized carbons (Fsp3) is 0.238. The van der Waals surface area contributed by atoms with Crippen molar-refractivity contribution in [1.82, 2.24) is 0 Å². The molecule has 0 aliphatic rings. The maximum absolute atomic E-state index is 12.1. The van der Waals surface area contributed by atoms with Crippen LogP contribution in [0, 0.1) is 11.3 Å². The van der Waals surface area contributed by atoms with E-state index in [1.165, 1.54) is 23.5 Å². The number of benzene rings is 1. The van der Waals surface area contributed by atoms with Crippen molar-refractivity contribution < 1.29 is 23.9 Å². The van der Waals surface area contributed by atoms with Gasteiger partial charge in [0.1, 0.15) is 5.00 Å². The number of ether oxygens (including phenoxy) is 2. The van der Waals surface area contributed by atoms with Crippen molar-refractivity contribution in [1.29, 1.82) is 5.26 Å². The predicted octanol–water partition coefficient (Wildman–Crippen LogP) is 3.55. The molecule has 0 aliphatic heterocycles. The summed E-state index contributed by atoms with van der Waals surface area (Å²) >= 11 is 1.28. The highest BCUT2D eigenvalue weighted by Crippen LogP contribution is 2.29. The average Bonchev–Trinajstić information content (AvgIpc) is 3.14. The lowest BCUT2D eigenvalue weighted by Gasteiger charge is -2.06. The van der Waals surface area contributed by atoms with Gasteiger partial charge in [0.05, 0.1) is 23.8 Å². The maximum atomic E-state index is 12.1. The van der Waals surface area contributed by atoms with E-state index in [0.29, 0.717) is 17.0 Å². The Morgan fingerprint density at radius 3 is 2.52 bits per heavy atom. The zero-order chi connectivity index (χ0) is 21.2. The Hall–Kier alpha value is -3.44. The third-order valence-corrected chi connectivity index (χ3v) is 4.87. The van der Waals surface area contributed by atoms with Crippen LogP contribution >= 0.6 is 11.3 Å². The number of carbonyl (C=O) groups is 3. The molecule has 1 amide bonds. The quantitative estimate of drug-likeness (QED) is 0.525. The van der Waals surface area contributed by atoms with Crippen molar-refractivity contribution in [2.45, 2.75) is 20.3 Å². The number of nitrogens with one attached hydrogen (secondary N) is 1. The number of hydrogen-bond acceptors (Lipinski definition) is 7. The number of rotatable bonds is 8. The van der Waals surface area contributed by atoms with E-state index in [0.717, 1.165) is 10.4 Å². The fourth-order valence-corrected chi connectivity index (χ4v) is 3.25. The summed E-state index contributed by atoms with van der Waals surface area (Å²) in [6.07, 6.45) is 3.42. The first kappa shape index (κ1) is 21.9. The van der Waals surface area contributed by atoms with E-state index >= 15 is 0 Å². The molecule has 8 heteroatoms. The van der Waals surface area contributed by atoms with Crippen LogP contribution in [0.25, 0.3) is 6.08 Å². The molecule has 0 atom stereocenters. The van der Waals surface area contributed by atoms with Crippen molar-refractivity contribution in [2.75, 3.05) is 18.5 Å². The van der Waals surface area contributed by atoms with Crippen molar-refractivity contribution in [3.05, 3.63) is 58.0 Å². The van der Waals surface area contributed by atoms with Crippen LogP contribution in [-0.2, 0) is 25.5 Å². The molecule has 0 bridgehead atoms. The first-order valence-electron chi connectivity index (χ1n) is 8.91. The van der Waals surface area contributed by atoms with Crippen LogP contribution in [0.3, 0.4) is 0 Å². The van der Waals surface area contributed by atoms with Crippen LogP contribution in [0.2, 0.25) is 0 Å². The molecule has 0 saturated heterocycles. The van der Waals surface area contributed by atoms with Gasteiger partial charge >= 0.3 is 11.9 Å². The van der Waals surface area contributed by atoms with Crippen LogP contribution in [0.1, 0.15) is 40.2 Å². The number of hydrogen-bond donors (Lipinski definition) is 1. The molecule has 0 aliphatic carbocycles. The van der Waals surface area contributed by atoms with Crippen LogP contribution < -0.4 is 5.32 Å². The number of carbonyl (C=O) groups excluding carboxylic acids is 3. The monoisotopic (exact) mass is 412 g/mol. The summed E-state index contributed by atoms with van der Waals surface area (Å²) in [5, 5.41) is 11.7. The van der Waals surface area contributed by atoms with E-state index in [2.05, 4.69) is 5.32 Å². The van der Waals surface area contributed by atoms with Gasteiger partial charge in [-0.25, -0.2) is 9.59 Å². The van der Waals surface area contributed by atoms with Gasteiger partial charge in [0.2, 0.25) is 0 Å². The highest BCUT2D eigenvalue weighted by atomic mass is 32.1. The molecule has 1 aromatic heterocycles. The van der Waals surface area contributed by atoms with Gasteiger partial charge in [-0.05, 0) is 43.2 Å². The van der Waals surface area contributed by atoms with Crippen molar-refractivity contribution in [3.63, 3.8) is 0 Å². The molecule has 150 valence electrons. The van der Waals surface area contributed by atoms with Gasteiger partial charge in [-0.15, -0.1) is 11.3 Å². The zero-order valence-corrected chi connectivity index (χ0v) is 16.9. The number of amides is 1. The molecule has 0 radical (unpaired) electrons. The van der Waals surface area contributed by atoms with Crippen molar-refractivity contribution in [2.24, 2.45) is 0 Å². The van der Waals surface area contributed by atoms with E-state index in [9.17, 15) is 14.4 Å². The van der Waals surface area contributed by atoms with Gasteiger partial charge in [0.15, 0.2) is 6.61 Å². The van der Waals surface area contributed by atoms with E-state index in [1.54, 1.807) is 37.3 Å². The lowest BCUT2D eigenvalue weighted by molar-refractivity contribution is -0.142. The van der Waals surface area contributed by atoms with Crippen molar-refractivity contribution in [3.8, 4) is 6.07 Å². The fourth-order valence-electron chi connectivity index (χ4n) is 2.25. The first-order chi connectivity index (χ1) is 14.0. The summed E-state index contributed by atoms with van der Waals surface area (Å²) in [6.45, 7) is 3.38. The first-order valence-corrected chi connectivity index (χ1v) is 9.73. The summed E-state index contributed by atoms with van der Waals surface area (Å²) in [5.41, 5.74) is 1.52. The Morgan fingerprint density at radius 2 is 1.90 bits per heavy atom. The Kier molecular flexibility index (Phi) is 8.12. The van der Waals surface area contributed by atoms with Gasteiger partial charge in [-0.2, -0.15) is 5.26 Å². The number of thiophene rings is 1. The van der Waals surface area contributed by atoms with Gasteiger partial charge in [0, 0.05) is 11.0 Å². The number of aryl methyl sites for hydroxylation is 1. The molecular formula is C21H20N2O5S. The minimum atomic E-state index is -0.685. The lowest BCUT2D eigenvalue weighted by Crippen LogP contribution is -2.20. The molecule has 0 spiro atoms. The van der Waals surface area contributed by atoms with E-state index < -0.39 is 24.5 Å². The highest BCUT2D eigenvalue weighted by Gasteiger charge is 2.19. The SMILES string of the molecule is CCOC(=O)c1cc(CC)sc1NC(=O)COC(=O)/C=C/c1ccc(C#N)cc1. The topological polar surface area (TPSA) is 105 Å². The minimum absolute atomic E-state index is 0.229. The summed E-state index contributed by atoms with van der Waals surface area (Å²) < 4.78 is 9.92. The Balaban J connectivity index is 1.91. The van der Waals surface area contributed by atoms with Gasteiger partial charge in [-0.1, -0.05) is 19.1 Å². The second-order valence-corrected chi connectivity index (χ2v) is 6.89. The summed E-state index contributed by atoms with van der Waals surface area (Å²) in [5.74, 6) is -1.75. The molecule has 1 N–H and O–H groups in total. The van der Waals surface area contributed by atoms with Crippen LogP contribution in [0.15, 0.2) is 36.4 Å². The molecular weight excluding hydrogens is 392 g/mol. The number of esters is 2. The summed E-state index contributed by atoms with van der Waals surface area (Å²) in [6, 6.07) is 10.3. The van der Waals surface area contributed by atoms with Crippen molar-refractivity contribution >= 4 is 40.3 Å². The van der Waals surface area contributed by atoms with Gasteiger partial charge < -0.3 is 14.8 Å². The van der Waals surface area contributed by atoms with Crippen LogP contribution in [0.4, 0.5) is 5.00 Å². The zero-order valence-electron chi connectivity index (χ0n) is 16.1. The third kappa shape index (κ3) is 6.59. The smallest absolute Gasteiger partial charge is 0.341 e. The van der Waals surface area contributed by atoms with Gasteiger partial charge in [-0.3, -0.25) is 4.79 Å². The number of anilines is 1. The highest BCUT2D eigenvalue weighted by molar-refractivity contribution is 7.16. The normalized spacial score (nSPS) is 10.4. The Bertz CT molecular complexity index is 954. The van der Waals surface area contributed by atoms with E-state index in [1.807, 2.05) is 13.0 Å². The molecule has 1 heterocycles. The number of nitrogens with zero attached hydrogens (tertiary/aromatic N) is 1. The second kappa shape index (κ2) is 10.8. The van der Waals surface area contributed by atoms with E-state index in [4.69, 9.17) is 14.7 Å². The Morgan fingerprint density at radius 1 is 1.17 bits per heavy atom. The molecule has 0 fully saturated rings. The largest absolute Gasteiger partial charge is 0.462 e. The molecule has 1 aromatic carbocycles. The van der Waals surface area contributed by atoms with Crippen LogP contribution in [0.5, 0.6) is 0 Å². The second-order valence-electron chi connectivity index (χ2n) is 5.75. The third-order valence-electron chi connectivity index (χ3n) is 3.68. The molecule has 7 nitrogen and oxygen atoms in total. The number of nitriles is 1. The predicted molar refractivity (Wildman–Crippen MR) is 109 cm³/mol. The lowest BCUT2D eigenvalue weighted by atomic mass is 10.1. The summed E-state index contributed by atoms with van der Waals surface area (Å²) in [7, 11) is 0. The van der Waals surface area contributed by atoms with Crippen LogP contribution in [-0.4, -0.2) is 31.1 Å². The average molecular weight is 412 g/mol. The molecule has 0 unspecified atom stereocenters. The standard InChI is InChI=1S/C21H20N2O5S/c1-3-16-11-17(21(26)27-4-2)20(29-16)23-18(24)13-28-19(25)10-9-14-5-7-15(12-22)8-6-14/h5-11H,3-4,13H2,1-2H3,(H,23,24)/b10-9+. The van der Waals surface area contributed by atoms with E-state index in [-0.39, 0.29) is 12.2 Å². The molecule has 29 heavy (non-hydrogen) atoms. The Labute approximate surface area is 172 Å². The molecule has 2 rings (SSSR count). The maximum Gasteiger partial charge on any atom is 0.341 e. The summed E-state index contributed by atoms with van der Waals surface area (Å²) in [4.78, 5) is 36.8.